The van der Waals surface area contributed by atoms with Crippen molar-refractivity contribution in [2.24, 2.45) is 0 Å². The topological polar surface area (TPSA) is 95.7 Å². The molecule has 138 valence electrons. The van der Waals surface area contributed by atoms with Crippen molar-refractivity contribution >= 4 is 17.6 Å². The first-order chi connectivity index (χ1) is 12.0. The largest absolute Gasteiger partial charge is 0.466 e. The van der Waals surface area contributed by atoms with Crippen LogP contribution in [-0.2, 0) is 25.7 Å². The number of unbranched alkanes of at least 4 members (excludes halogenated alkanes) is 2. The highest BCUT2D eigenvalue weighted by molar-refractivity contribution is 5.72. The molecule has 0 aliphatic rings. The normalized spacial score (nSPS) is 10.3. The zero-order valence-electron chi connectivity index (χ0n) is 14.8. The number of carbonyl (C=O) groups excluding carboxylic acids is 2. The van der Waals surface area contributed by atoms with E-state index in [4.69, 9.17) is 9.47 Å². The highest BCUT2D eigenvalue weighted by atomic mass is 16.6. The summed E-state index contributed by atoms with van der Waals surface area (Å²) in [6, 6.07) is 4.65. The van der Waals surface area contributed by atoms with Gasteiger partial charge >= 0.3 is 11.9 Å². The van der Waals surface area contributed by atoms with E-state index in [0.717, 1.165) is 19.3 Å². The van der Waals surface area contributed by atoms with E-state index in [-0.39, 0.29) is 31.1 Å². The molecule has 0 radical (unpaired) electrons. The maximum Gasteiger partial charge on any atom is 0.306 e. The number of rotatable bonds is 11. The second-order valence-corrected chi connectivity index (χ2v) is 5.76. The van der Waals surface area contributed by atoms with Crippen LogP contribution in [0.1, 0.15) is 56.6 Å². The summed E-state index contributed by atoms with van der Waals surface area (Å²) in [7, 11) is 0. The second-order valence-electron chi connectivity index (χ2n) is 5.76. The first kappa shape index (κ1) is 20.6. The number of esters is 2. The van der Waals surface area contributed by atoms with E-state index in [1.54, 1.807) is 19.1 Å². The summed E-state index contributed by atoms with van der Waals surface area (Å²) in [6.07, 6.45) is 3.59. The van der Waals surface area contributed by atoms with Crippen LogP contribution >= 0.6 is 0 Å². The maximum absolute atomic E-state index is 11.7. The number of nitrogens with zero attached hydrogens (tertiary/aromatic N) is 1. The average Bonchev–Trinajstić information content (AvgIpc) is 2.57. The molecule has 7 heteroatoms. The number of benzene rings is 1. The van der Waals surface area contributed by atoms with Gasteiger partial charge in [0.25, 0.3) is 5.69 Å². The molecule has 0 N–H and O–H groups in total. The number of carbonyl (C=O) groups is 2. The molecule has 0 spiro atoms. The lowest BCUT2D eigenvalue weighted by molar-refractivity contribution is -0.385. The van der Waals surface area contributed by atoms with Crippen molar-refractivity contribution in [1.29, 1.82) is 0 Å². The molecule has 25 heavy (non-hydrogen) atoms. The van der Waals surface area contributed by atoms with Crippen LogP contribution in [-0.4, -0.2) is 23.5 Å². The summed E-state index contributed by atoms with van der Waals surface area (Å²) in [5, 5.41) is 10.9. The fraction of sp³-hybridized carbons (Fsp3) is 0.556. The van der Waals surface area contributed by atoms with E-state index in [1.807, 2.05) is 0 Å². The van der Waals surface area contributed by atoms with E-state index in [0.29, 0.717) is 24.2 Å². The smallest absolute Gasteiger partial charge is 0.306 e. The van der Waals surface area contributed by atoms with E-state index >= 15 is 0 Å². The number of nitro groups is 1. The molecule has 0 aliphatic carbocycles. The first-order valence-corrected chi connectivity index (χ1v) is 8.49. The van der Waals surface area contributed by atoms with Crippen LogP contribution in [0.2, 0.25) is 0 Å². The van der Waals surface area contributed by atoms with Gasteiger partial charge in [0.2, 0.25) is 0 Å². The fourth-order valence-electron chi connectivity index (χ4n) is 2.24. The molecule has 0 unspecified atom stereocenters. The summed E-state index contributed by atoms with van der Waals surface area (Å²) in [5.41, 5.74) is 1.08. The third-order valence-electron chi connectivity index (χ3n) is 3.78. The highest BCUT2D eigenvalue weighted by Crippen LogP contribution is 2.21. The third kappa shape index (κ3) is 7.78. The minimum atomic E-state index is -0.465. The first-order valence-electron chi connectivity index (χ1n) is 8.49. The minimum Gasteiger partial charge on any atom is -0.466 e. The Morgan fingerprint density at radius 2 is 1.76 bits per heavy atom. The van der Waals surface area contributed by atoms with Crippen molar-refractivity contribution in [1.82, 2.24) is 0 Å². The quantitative estimate of drug-likeness (QED) is 0.260. The molecule has 0 fully saturated rings. The number of hydrogen-bond donors (Lipinski definition) is 0. The molecule has 0 saturated heterocycles. The lowest BCUT2D eigenvalue weighted by Gasteiger charge is -2.08. The lowest BCUT2D eigenvalue weighted by Crippen LogP contribution is -2.09. The zero-order valence-corrected chi connectivity index (χ0v) is 14.8. The Labute approximate surface area is 147 Å². The standard InChI is InChI=1S/C18H25NO6/c1-3-4-5-12-24-17(20)10-7-11-18(21)25-13-15-8-6-9-16(14(15)2)19(22)23/h6,8-9H,3-5,7,10-13H2,1-2H3. The van der Waals surface area contributed by atoms with Gasteiger partial charge < -0.3 is 9.47 Å². The van der Waals surface area contributed by atoms with Crippen molar-refractivity contribution in [3.05, 3.63) is 39.4 Å². The molecule has 1 aromatic carbocycles. The summed E-state index contributed by atoms with van der Waals surface area (Å²) in [6.45, 7) is 4.09. The van der Waals surface area contributed by atoms with E-state index in [9.17, 15) is 19.7 Å². The van der Waals surface area contributed by atoms with Gasteiger partial charge in [-0.05, 0) is 25.3 Å². The Kier molecular flexibility index (Phi) is 9.21. The van der Waals surface area contributed by atoms with Crippen molar-refractivity contribution in [3.8, 4) is 0 Å². The van der Waals surface area contributed by atoms with E-state index < -0.39 is 10.9 Å². The SMILES string of the molecule is CCCCCOC(=O)CCCC(=O)OCc1cccc([N+](=O)[O-])c1C. The summed E-state index contributed by atoms with van der Waals surface area (Å²) >= 11 is 0. The Balaban J connectivity index is 2.28. The Hall–Kier alpha value is -2.44. The second kappa shape index (κ2) is 11.2. The van der Waals surface area contributed by atoms with Crippen molar-refractivity contribution in [2.45, 2.75) is 59.0 Å². The molecular weight excluding hydrogens is 326 g/mol. The maximum atomic E-state index is 11.7. The number of hydrogen-bond acceptors (Lipinski definition) is 6. The van der Waals surface area contributed by atoms with Gasteiger partial charge in [-0.2, -0.15) is 0 Å². The van der Waals surface area contributed by atoms with Crippen molar-refractivity contribution in [2.75, 3.05) is 6.61 Å². The zero-order chi connectivity index (χ0) is 18.7. The van der Waals surface area contributed by atoms with E-state index in [1.165, 1.54) is 6.07 Å². The van der Waals surface area contributed by atoms with Gasteiger partial charge in [0.15, 0.2) is 0 Å². The molecule has 0 heterocycles. The number of nitro benzene ring substituents is 1. The highest BCUT2D eigenvalue weighted by Gasteiger charge is 2.14. The van der Waals surface area contributed by atoms with Crippen LogP contribution in [0.15, 0.2) is 18.2 Å². The monoisotopic (exact) mass is 351 g/mol. The van der Waals surface area contributed by atoms with Gasteiger partial charge in [0, 0.05) is 24.5 Å². The van der Waals surface area contributed by atoms with Gasteiger partial charge in [0.05, 0.1) is 11.5 Å². The van der Waals surface area contributed by atoms with Gasteiger partial charge in [-0.1, -0.05) is 31.9 Å². The van der Waals surface area contributed by atoms with Crippen LogP contribution in [0, 0.1) is 17.0 Å². The summed E-state index contributed by atoms with van der Waals surface area (Å²) in [4.78, 5) is 33.6. The van der Waals surface area contributed by atoms with Crippen LogP contribution < -0.4 is 0 Å². The average molecular weight is 351 g/mol. The Morgan fingerprint density at radius 3 is 2.40 bits per heavy atom. The fourth-order valence-corrected chi connectivity index (χ4v) is 2.24. The molecule has 0 aromatic heterocycles. The predicted octanol–water partition coefficient (Wildman–Crippen LogP) is 3.85. The molecule has 0 saturated carbocycles. The summed E-state index contributed by atoms with van der Waals surface area (Å²) < 4.78 is 10.2. The molecule has 1 rings (SSSR count). The molecule has 0 aliphatic heterocycles. The van der Waals surface area contributed by atoms with Crippen LogP contribution in [0.4, 0.5) is 5.69 Å². The van der Waals surface area contributed by atoms with Gasteiger partial charge in [-0.3, -0.25) is 19.7 Å². The molecule has 1 aromatic rings. The molecule has 0 bridgehead atoms. The lowest BCUT2D eigenvalue weighted by atomic mass is 10.1. The molecule has 0 atom stereocenters. The van der Waals surface area contributed by atoms with Crippen LogP contribution in [0.3, 0.4) is 0 Å². The minimum absolute atomic E-state index is 0.000586. The molecule has 7 nitrogen and oxygen atoms in total. The van der Waals surface area contributed by atoms with Gasteiger partial charge in [-0.15, -0.1) is 0 Å². The van der Waals surface area contributed by atoms with Crippen molar-refractivity contribution in [3.63, 3.8) is 0 Å². The molecule has 0 amide bonds. The van der Waals surface area contributed by atoms with Gasteiger partial charge in [0.1, 0.15) is 6.61 Å². The van der Waals surface area contributed by atoms with Crippen LogP contribution in [0.25, 0.3) is 0 Å². The van der Waals surface area contributed by atoms with Gasteiger partial charge in [-0.25, -0.2) is 0 Å². The van der Waals surface area contributed by atoms with Crippen LogP contribution in [0.5, 0.6) is 0 Å². The number of ether oxygens (including phenoxy) is 2. The Morgan fingerprint density at radius 1 is 1.08 bits per heavy atom. The Bertz CT molecular complexity index is 599. The molecular formula is C18H25NO6. The summed E-state index contributed by atoms with van der Waals surface area (Å²) in [5.74, 6) is -0.747. The van der Waals surface area contributed by atoms with E-state index in [2.05, 4.69) is 6.92 Å². The predicted molar refractivity (Wildman–Crippen MR) is 92.0 cm³/mol. The third-order valence-corrected chi connectivity index (χ3v) is 3.78. The van der Waals surface area contributed by atoms with Crippen molar-refractivity contribution < 1.29 is 24.0 Å².